The molecule has 6 nitrogen and oxygen atoms in total. The predicted octanol–water partition coefficient (Wildman–Crippen LogP) is 6.68. The van der Waals surface area contributed by atoms with Gasteiger partial charge >= 0.3 is 5.97 Å². The number of ketones is 1. The van der Waals surface area contributed by atoms with Gasteiger partial charge in [0.25, 0.3) is 0 Å². The van der Waals surface area contributed by atoms with Crippen molar-refractivity contribution in [1.29, 1.82) is 0 Å². The van der Waals surface area contributed by atoms with Crippen LogP contribution >= 0.6 is 0 Å². The van der Waals surface area contributed by atoms with Crippen LogP contribution in [-0.2, 0) is 15.1 Å². The molecule has 2 atom stereocenters. The summed E-state index contributed by atoms with van der Waals surface area (Å²) in [6, 6.07) is 15.8. The molecule has 192 valence electrons. The van der Waals surface area contributed by atoms with E-state index in [2.05, 4.69) is 6.92 Å². The van der Waals surface area contributed by atoms with Crippen molar-refractivity contribution >= 4 is 11.8 Å². The number of carbonyl (C=O) groups is 2. The highest BCUT2D eigenvalue weighted by molar-refractivity contribution is 6.02. The number of hydrogen-bond acceptors (Lipinski definition) is 6. The van der Waals surface area contributed by atoms with Crippen LogP contribution in [0.3, 0.4) is 0 Å². The quantitative estimate of drug-likeness (QED) is 0.200. The largest absolute Gasteiger partial charge is 0.508 e. The Bertz CT molecular complexity index is 1310. The van der Waals surface area contributed by atoms with Crippen LogP contribution in [0.15, 0.2) is 54.6 Å². The molecule has 37 heavy (non-hydrogen) atoms. The van der Waals surface area contributed by atoms with Crippen LogP contribution in [0.5, 0.6) is 17.2 Å². The van der Waals surface area contributed by atoms with E-state index in [4.69, 9.17) is 14.2 Å². The van der Waals surface area contributed by atoms with Gasteiger partial charge in [0.15, 0.2) is 11.4 Å². The van der Waals surface area contributed by atoms with Crippen molar-refractivity contribution in [2.75, 3.05) is 13.7 Å². The van der Waals surface area contributed by atoms with E-state index in [1.165, 1.54) is 6.07 Å². The minimum Gasteiger partial charge on any atom is -0.508 e. The number of Topliss-reactive ketones (excluding diaryl/α,β-unsaturated/α-hetero) is 1. The normalized spacial score (nSPS) is 18.0. The number of aryl methyl sites for hydroxylation is 1. The first kappa shape index (κ1) is 25.0. The monoisotopic (exact) mass is 500 g/mol. The molecule has 3 aromatic rings. The van der Waals surface area contributed by atoms with Crippen molar-refractivity contribution in [3.05, 3.63) is 88.0 Å². The van der Waals surface area contributed by atoms with Crippen LogP contribution in [-0.4, -0.2) is 30.6 Å². The molecule has 3 aromatic carbocycles. The molecule has 0 saturated carbocycles. The molecule has 2 heterocycles. The van der Waals surface area contributed by atoms with Gasteiger partial charge in [0.1, 0.15) is 17.2 Å². The summed E-state index contributed by atoms with van der Waals surface area (Å²) < 4.78 is 17.5. The maximum Gasteiger partial charge on any atom is 0.340 e. The average Bonchev–Trinajstić information content (AvgIpc) is 3.15. The van der Waals surface area contributed by atoms with E-state index in [1.807, 2.05) is 31.2 Å². The summed E-state index contributed by atoms with van der Waals surface area (Å²) in [4.78, 5) is 26.2. The molecule has 2 aliphatic rings. The Morgan fingerprint density at radius 1 is 0.973 bits per heavy atom. The zero-order chi connectivity index (χ0) is 26.2. The van der Waals surface area contributed by atoms with Gasteiger partial charge in [0, 0.05) is 48.5 Å². The number of fused-ring (bicyclic) bond motifs is 6. The van der Waals surface area contributed by atoms with Crippen LogP contribution < -0.4 is 4.74 Å². The van der Waals surface area contributed by atoms with E-state index in [-0.39, 0.29) is 11.5 Å². The molecule has 5 rings (SSSR count). The van der Waals surface area contributed by atoms with Crippen molar-refractivity contribution in [1.82, 2.24) is 0 Å². The predicted molar refractivity (Wildman–Crippen MR) is 140 cm³/mol. The SMILES string of the molecule is COCC(C)CCCCCC(=O)c1ccc2c(c1)C(=O)OC21c2ccc(C)cc2Oc2cc(O)ccc21. The number of unbranched alkanes of at least 4 members (excludes halogenated alkanes) is 2. The fraction of sp³-hybridized carbons (Fsp3) is 0.355. The molecule has 2 unspecified atom stereocenters. The molecule has 0 bridgehead atoms. The molecule has 6 heteroatoms. The number of methoxy groups -OCH3 is 1. The van der Waals surface area contributed by atoms with Gasteiger partial charge in [-0.25, -0.2) is 4.79 Å². The molecule has 1 spiro atoms. The Labute approximate surface area is 217 Å². The summed E-state index contributed by atoms with van der Waals surface area (Å²) in [6.07, 6.45) is 4.38. The number of rotatable bonds is 9. The molecule has 2 aliphatic heterocycles. The fourth-order valence-electron chi connectivity index (χ4n) is 5.46. The number of aromatic hydroxyl groups is 1. The van der Waals surface area contributed by atoms with Gasteiger partial charge in [-0.3, -0.25) is 4.79 Å². The third-order valence-electron chi connectivity index (χ3n) is 7.32. The number of esters is 1. The molecular weight excluding hydrogens is 468 g/mol. The van der Waals surface area contributed by atoms with Crippen molar-refractivity contribution in [3.63, 3.8) is 0 Å². The molecule has 0 amide bonds. The van der Waals surface area contributed by atoms with E-state index in [9.17, 15) is 14.7 Å². The highest BCUT2D eigenvalue weighted by Crippen LogP contribution is 2.56. The molecule has 0 aliphatic carbocycles. The third-order valence-corrected chi connectivity index (χ3v) is 7.32. The summed E-state index contributed by atoms with van der Waals surface area (Å²) >= 11 is 0. The van der Waals surface area contributed by atoms with E-state index < -0.39 is 11.6 Å². The highest BCUT2D eigenvalue weighted by Gasteiger charge is 2.53. The number of phenols is 1. The summed E-state index contributed by atoms with van der Waals surface area (Å²) in [7, 11) is 1.72. The standard InChI is InChI=1S/C31H32O6/c1-19-9-12-25-28(15-19)36-29-17-22(32)11-14-26(29)31(25)24-13-10-21(16-23(24)30(34)37-31)27(33)8-6-4-5-7-20(2)18-35-3/h9-17,20,32H,4-8,18H2,1-3H3. The second kappa shape index (κ2) is 10.0. The van der Waals surface area contributed by atoms with Crippen molar-refractivity contribution in [2.24, 2.45) is 5.92 Å². The number of ether oxygens (including phenoxy) is 3. The van der Waals surface area contributed by atoms with Crippen LogP contribution in [0.4, 0.5) is 0 Å². The van der Waals surface area contributed by atoms with Gasteiger partial charge in [-0.1, -0.05) is 44.0 Å². The number of phenolic OH excluding ortho intramolecular Hbond substituents is 1. The first-order chi connectivity index (χ1) is 17.8. The average molecular weight is 501 g/mol. The Morgan fingerprint density at radius 2 is 1.70 bits per heavy atom. The number of benzene rings is 3. The Morgan fingerprint density at radius 3 is 2.49 bits per heavy atom. The van der Waals surface area contributed by atoms with Crippen molar-refractivity contribution in [2.45, 2.75) is 51.6 Å². The Balaban J connectivity index is 1.43. The lowest BCUT2D eigenvalue weighted by molar-refractivity contribution is 0.0224. The fourth-order valence-corrected chi connectivity index (χ4v) is 5.46. The maximum atomic E-state index is 13.2. The first-order valence-electron chi connectivity index (χ1n) is 12.9. The van der Waals surface area contributed by atoms with Crippen LogP contribution in [0.2, 0.25) is 0 Å². The van der Waals surface area contributed by atoms with E-state index in [1.54, 1.807) is 31.4 Å². The zero-order valence-corrected chi connectivity index (χ0v) is 21.5. The van der Waals surface area contributed by atoms with Gasteiger partial charge in [-0.15, -0.1) is 0 Å². The lowest BCUT2D eigenvalue weighted by Gasteiger charge is -2.36. The summed E-state index contributed by atoms with van der Waals surface area (Å²) in [6.45, 7) is 4.89. The zero-order valence-electron chi connectivity index (χ0n) is 21.5. The number of carbonyl (C=O) groups excluding carboxylic acids is 2. The van der Waals surface area contributed by atoms with Gasteiger partial charge in [-0.2, -0.15) is 0 Å². The van der Waals surface area contributed by atoms with Gasteiger partial charge in [-0.05, 0) is 55.5 Å². The van der Waals surface area contributed by atoms with Gasteiger partial charge in [0.05, 0.1) is 5.56 Å². The van der Waals surface area contributed by atoms with E-state index in [0.717, 1.165) is 37.9 Å². The summed E-state index contributed by atoms with van der Waals surface area (Å²) in [5, 5.41) is 10.1. The first-order valence-corrected chi connectivity index (χ1v) is 12.9. The van der Waals surface area contributed by atoms with E-state index >= 15 is 0 Å². The molecule has 1 N–H and O–H groups in total. The molecular formula is C31H32O6. The van der Waals surface area contributed by atoms with Gasteiger partial charge < -0.3 is 19.3 Å². The highest BCUT2D eigenvalue weighted by atomic mass is 16.6. The molecule has 0 saturated heterocycles. The Kier molecular flexibility index (Phi) is 6.78. The maximum absolute atomic E-state index is 13.2. The van der Waals surface area contributed by atoms with Crippen molar-refractivity contribution in [3.8, 4) is 17.2 Å². The minimum absolute atomic E-state index is 0.0230. The lowest BCUT2D eigenvalue weighted by Crippen LogP contribution is -2.33. The van der Waals surface area contributed by atoms with E-state index in [0.29, 0.717) is 51.7 Å². The molecule has 0 fully saturated rings. The molecule has 0 radical (unpaired) electrons. The summed E-state index contributed by atoms with van der Waals surface area (Å²) in [5.74, 6) is 1.12. The van der Waals surface area contributed by atoms with Crippen LogP contribution in [0.1, 0.15) is 82.0 Å². The van der Waals surface area contributed by atoms with Crippen LogP contribution in [0.25, 0.3) is 0 Å². The minimum atomic E-state index is -1.21. The lowest BCUT2D eigenvalue weighted by atomic mass is 9.77. The number of hydrogen-bond donors (Lipinski definition) is 1. The Hall–Kier alpha value is -3.64. The smallest absolute Gasteiger partial charge is 0.340 e. The molecule has 0 aromatic heterocycles. The second-order valence-electron chi connectivity index (χ2n) is 10.2. The van der Waals surface area contributed by atoms with Gasteiger partial charge in [0.2, 0.25) is 0 Å². The van der Waals surface area contributed by atoms with Crippen LogP contribution in [0, 0.1) is 12.8 Å². The second-order valence-corrected chi connectivity index (χ2v) is 10.2. The third kappa shape index (κ3) is 4.51. The topological polar surface area (TPSA) is 82.1 Å². The van der Waals surface area contributed by atoms with Crippen molar-refractivity contribution < 1.29 is 28.9 Å². The summed E-state index contributed by atoms with van der Waals surface area (Å²) in [5.41, 5.74) is 2.70.